The fourth-order valence-corrected chi connectivity index (χ4v) is 5.27. The Morgan fingerprint density at radius 2 is 1.95 bits per heavy atom. The number of pyridine rings is 1. The molecule has 0 radical (unpaired) electrons. The summed E-state index contributed by atoms with van der Waals surface area (Å²) >= 11 is 0. The zero-order valence-corrected chi connectivity index (χ0v) is 23.8. The van der Waals surface area contributed by atoms with Crippen LogP contribution in [0.4, 0.5) is 10.6 Å². The van der Waals surface area contributed by atoms with Gasteiger partial charge in [0.15, 0.2) is 5.65 Å². The first kappa shape index (κ1) is 26.8. The van der Waals surface area contributed by atoms with E-state index in [0.717, 1.165) is 52.9 Å². The fourth-order valence-electron chi connectivity index (χ4n) is 4.51. The second-order valence-corrected chi connectivity index (χ2v) is 16.7. The van der Waals surface area contributed by atoms with Crippen LogP contribution in [-0.4, -0.2) is 64.3 Å². The van der Waals surface area contributed by atoms with E-state index < -0.39 is 8.07 Å². The minimum atomic E-state index is -1.12. The van der Waals surface area contributed by atoms with Gasteiger partial charge in [-0.05, 0) is 36.2 Å². The predicted octanol–water partition coefficient (Wildman–Crippen LogP) is 5.63. The number of anilines is 1. The van der Waals surface area contributed by atoms with Crippen LogP contribution >= 0.6 is 0 Å². The van der Waals surface area contributed by atoms with Crippen molar-refractivity contribution in [1.82, 2.24) is 24.4 Å². The lowest BCUT2D eigenvalue weighted by Crippen LogP contribution is -2.32. The number of benzene rings is 1. The molecule has 4 aromatic rings. The molecule has 0 unspecified atom stereocenters. The SMILES string of the molecule is C[Si](C)(C)CCOCn1ccc2nc(-c3cccnc3N[C@@H]3CCN(C(=O)OCc4ccccc4)C3)cnc21. The number of hydrogen-bond acceptors (Lipinski definition) is 7. The molecule has 0 bridgehead atoms. The first-order valence-electron chi connectivity index (χ1n) is 13.4. The smallest absolute Gasteiger partial charge is 0.410 e. The zero-order valence-electron chi connectivity index (χ0n) is 22.8. The highest BCUT2D eigenvalue weighted by Gasteiger charge is 2.28. The normalized spacial score (nSPS) is 15.6. The number of carbonyl (C=O) groups is 1. The van der Waals surface area contributed by atoms with Crippen molar-refractivity contribution in [2.24, 2.45) is 0 Å². The van der Waals surface area contributed by atoms with Crippen molar-refractivity contribution >= 4 is 31.1 Å². The average molecular weight is 545 g/mol. The Hall–Kier alpha value is -3.76. The Kier molecular flexibility index (Phi) is 8.23. The van der Waals surface area contributed by atoms with Gasteiger partial charge in [0, 0.05) is 51.8 Å². The molecule has 1 fully saturated rings. The Morgan fingerprint density at radius 3 is 2.77 bits per heavy atom. The van der Waals surface area contributed by atoms with Crippen LogP contribution in [0, 0.1) is 0 Å². The van der Waals surface area contributed by atoms with Crippen molar-refractivity contribution in [2.45, 2.75) is 51.5 Å². The molecule has 4 heterocycles. The third kappa shape index (κ3) is 7.01. The Balaban J connectivity index is 1.21. The molecular formula is C29H36N6O3Si. The Bertz CT molecular complexity index is 1410. The summed E-state index contributed by atoms with van der Waals surface area (Å²) in [6, 6.07) is 16.8. The lowest BCUT2D eigenvalue weighted by atomic mass is 10.1. The van der Waals surface area contributed by atoms with Crippen LogP contribution in [0.2, 0.25) is 25.7 Å². The number of likely N-dealkylation sites (tertiary alicyclic amines) is 1. The summed E-state index contributed by atoms with van der Waals surface area (Å²) < 4.78 is 13.4. The van der Waals surface area contributed by atoms with Crippen molar-refractivity contribution in [2.75, 3.05) is 25.0 Å². The van der Waals surface area contributed by atoms with Gasteiger partial charge in [-0.1, -0.05) is 50.0 Å². The number of nitrogens with zero attached hydrogens (tertiary/aromatic N) is 5. The summed E-state index contributed by atoms with van der Waals surface area (Å²) in [7, 11) is -1.12. The van der Waals surface area contributed by atoms with E-state index in [1.165, 1.54) is 0 Å². The summed E-state index contributed by atoms with van der Waals surface area (Å²) in [6.45, 7) is 9.72. The largest absolute Gasteiger partial charge is 0.445 e. The average Bonchev–Trinajstić information content (AvgIpc) is 3.57. The van der Waals surface area contributed by atoms with Crippen LogP contribution in [0.15, 0.2) is 67.1 Å². The van der Waals surface area contributed by atoms with E-state index in [9.17, 15) is 4.79 Å². The van der Waals surface area contributed by atoms with Gasteiger partial charge in [-0.2, -0.15) is 0 Å². The number of nitrogens with one attached hydrogen (secondary N) is 1. The molecule has 1 atom stereocenters. The van der Waals surface area contributed by atoms with Crippen molar-refractivity contribution < 1.29 is 14.3 Å². The number of aromatic nitrogens is 4. The van der Waals surface area contributed by atoms with E-state index in [2.05, 4.69) is 29.9 Å². The highest BCUT2D eigenvalue weighted by Crippen LogP contribution is 2.27. The van der Waals surface area contributed by atoms with Gasteiger partial charge in [-0.3, -0.25) is 0 Å². The number of ether oxygens (including phenoxy) is 2. The van der Waals surface area contributed by atoms with E-state index in [-0.39, 0.29) is 18.7 Å². The number of rotatable bonds is 10. The molecule has 204 valence electrons. The third-order valence-electron chi connectivity index (χ3n) is 6.77. The van der Waals surface area contributed by atoms with Gasteiger partial charge >= 0.3 is 6.09 Å². The molecule has 1 amide bonds. The first-order chi connectivity index (χ1) is 18.9. The highest BCUT2D eigenvalue weighted by molar-refractivity contribution is 6.76. The standard InChI is InChI=1S/C29H36N6O3Si/c1-39(2,3)17-16-37-21-35-15-12-25-28(35)31-18-26(33-25)24-10-7-13-30-27(24)32-23-11-14-34(19-23)29(36)38-20-22-8-5-4-6-9-22/h4-10,12-13,15,18,23H,11,14,16-17,19-21H2,1-3H3,(H,30,32)/t23-/m1/s1. The van der Waals surface area contributed by atoms with Crippen LogP contribution in [0.3, 0.4) is 0 Å². The molecular weight excluding hydrogens is 508 g/mol. The highest BCUT2D eigenvalue weighted by atomic mass is 28.3. The predicted molar refractivity (Wildman–Crippen MR) is 155 cm³/mol. The topological polar surface area (TPSA) is 94.4 Å². The van der Waals surface area contributed by atoms with Gasteiger partial charge in [-0.25, -0.2) is 19.7 Å². The third-order valence-corrected chi connectivity index (χ3v) is 8.47. The van der Waals surface area contributed by atoms with Crippen LogP contribution in [0.25, 0.3) is 22.4 Å². The molecule has 1 aliphatic rings. The van der Waals surface area contributed by atoms with E-state index >= 15 is 0 Å². The molecule has 1 aliphatic heterocycles. The monoisotopic (exact) mass is 544 g/mol. The summed E-state index contributed by atoms with van der Waals surface area (Å²) in [5.41, 5.74) is 4.19. The molecule has 3 aromatic heterocycles. The molecule has 39 heavy (non-hydrogen) atoms. The van der Waals surface area contributed by atoms with Gasteiger partial charge in [-0.15, -0.1) is 0 Å². The Morgan fingerprint density at radius 1 is 1.10 bits per heavy atom. The molecule has 5 rings (SSSR count). The van der Waals surface area contributed by atoms with Crippen molar-refractivity contribution in [3.05, 3.63) is 72.7 Å². The van der Waals surface area contributed by atoms with Gasteiger partial charge in [0.05, 0.1) is 11.9 Å². The summed E-state index contributed by atoms with van der Waals surface area (Å²) in [5.74, 6) is 0.727. The van der Waals surface area contributed by atoms with Gasteiger partial charge < -0.3 is 24.3 Å². The van der Waals surface area contributed by atoms with Crippen molar-refractivity contribution in [3.63, 3.8) is 0 Å². The van der Waals surface area contributed by atoms with Crippen molar-refractivity contribution in [1.29, 1.82) is 0 Å². The van der Waals surface area contributed by atoms with Gasteiger partial charge in [0.1, 0.15) is 24.7 Å². The number of fused-ring (bicyclic) bond motifs is 1. The van der Waals surface area contributed by atoms with Gasteiger partial charge in [0.2, 0.25) is 0 Å². The van der Waals surface area contributed by atoms with Crippen LogP contribution < -0.4 is 5.32 Å². The minimum Gasteiger partial charge on any atom is -0.445 e. The number of hydrogen-bond donors (Lipinski definition) is 1. The molecule has 9 nitrogen and oxygen atoms in total. The zero-order chi connectivity index (χ0) is 27.2. The maximum Gasteiger partial charge on any atom is 0.410 e. The minimum absolute atomic E-state index is 0.0639. The maximum absolute atomic E-state index is 12.6. The van der Waals surface area contributed by atoms with E-state index in [4.69, 9.17) is 19.4 Å². The molecule has 1 N–H and O–H groups in total. The number of amides is 1. The summed E-state index contributed by atoms with van der Waals surface area (Å²) in [6.07, 6.45) is 6.02. The summed E-state index contributed by atoms with van der Waals surface area (Å²) in [5, 5.41) is 3.52. The lowest BCUT2D eigenvalue weighted by Gasteiger charge is -2.18. The second-order valence-electron chi connectivity index (χ2n) is 11.1. The number of carbonyl (C=O) groups excluding carboxylic acids is 1. The van der Waals surface area contributed by atoms with Crippen LogP contribution in [-0.2, 0) is 22.8 Å². The fraction of sp³-hybridized carbons (Fsp3) is 0.379. The van der Waals surface area contributed by atoms with Gasteiger partial charge in [0.25, 0.3) is 0 Å². The van der Waals surface area contributed by atoms with E-state index in [1.54, 1.807) is 17.3 Å². The van der Waals surface area contributed by atoms with E-state index in [1.807, 2.05) is 59.3 Å². The van der Waals surface area contributed by atoms with Crippen LogP contribution in [0.5, 0.6) is 0 Å². The first-order valence-corrected chi connectivity index (χ1v) is 17.1. The van der Waals surface area contributed by atoms with Crippen LogP contribution in [0.1, 0.15) is 12.0 Å². The molecule has 0 saturated carbocycles. The second kappa shape index (κ2) is 12.0. The molecule has 0 spiro atoms. The molecule has 1 saturated heterocycles. The molecule has 10 heteroatoms. The molecule has 1 aromatic carbocycles. The lowest BCUT2D eigenvalue weighted by molar-refractivity contribution is 0.0899. The molecule has 0 aliphatic carbocycles. The Labute approximate surface area is 230 Å². The van der Waals surface area contributed by atoms with E-state index in [0.29, 0.717) is 19.8 Å². The summed E-state index contributed by atoms with van der Waals surface area (Å²) in [4.78, 5) is 28.5. The van der Waals surface area contributed by atoms with Crippen molar-refractivity contribution in [3.8, 4) is 11.3 Å². The quantitative estimate of drug-likeness (QED) is 0.204. The maximum atomic E-state index is 12.6.